The highest BCUT2D eigenvalue weighted by Crippen LogP contribution is 2.22. The highest BCUT2D eigenvalue weighted by Gasteiger charge is 2.25. The van der Waals surface area contributed by atoms with Gasteiger partial charge < -0.3 is 15.0 Å². The summed E-state index contributed by atoms with van der Waals surface area (Å²) in [5, 5.41) is 2.86. The van der Waals surface area contributed by atoms with Crippen LogP contribution in [0.2, 0.25) is 0 Å². The van der Waals surface area contributed by atoms with Crippen molar-refractivity contribution in [3.63, 3.8) is 0 Å². The molecule has 1 N–H and O–H groups in total. The summed E-state index contributed by atoms with van der Waals surface area (Å²) in [5.74, 6) is 1.76. The SMILES string of the molecule is CC1CC(C)CN(C(=O)CCC(=O)Nc2ccc(OCCc3ccccc3)cc2)C1. The van der Waals surface area contributed by atoms with Crippen LogP contribution in [0.3, 0.4) is 0 Å². The molecule has 2 amide bonds. The molecule has 2 aromatic carbocycles. The number of amides is 2. The topological polar surface area (TPSA) is 58.6 Å². The molecule has 5 heteroatoms. The third-order valence-electron chi connectivity index (χ3n) is 5.43. The van der Waals surface area contributed by atoms with Crippen LogP contribution in [-0.4, -0.2) is 36.4 Å². The lowest BCUT2D eigenvalue weighted by Gasteiger charge is -2.35. The number of anilines is 1. The molecule has 0 saturated carbocycles. The number of rotatable bonds is 8. The molecule has 160 valence electrons. The van der Waals surface area contributed by atoms with Crippen LogP contribution >= 0.6 is 0 Å². The molecule has 0 spiro atoms. The number of nitrogens with one attached hydrogen (secondary N) is 1. The number of benzene rings is 2. The van der Waals surface area contributed by atoms with E-state index in [1.807, 2.05) is 47.4 Å². The van der Waals surface area contributed by atoms with E-state index in [2.05, 4.69) is 31.3 Å². The molecule has 1 aliphatic rings. The van der Waals surface area contributed by atoms with Gasteiger partial charge in [0.25, 0.3) is 0 Å². The summed E-state index contributed by atoms with van der Waals surface area (Å²) >= 11 is 0. The lowest BCUT2D eigenvalue weighted by molar-refractivity contribution is -0.135. The van der Waals surface area contributed by atoms with E-state index in [9.17, 15) is 9.59 Å². The number of piperidine rings is 1. The van der Waals surface area contributed by atoms with Gasteiger partial charge >= 0.3 is 0 Å². The molecule has 1 saturated heterocycles. The molecule has 0 aliphatic carbocycles. The lowest BCUT2D eigenvalue weighted by atomic mass is 9.91. The fraction of sp³-hybridized carbons (Fsp3) is 0.440. The van der Waals surface area contributed by atoms with Crippen LogP contribution in [0.15, 0.2) is 54.6 Å². The molecule has 1 aliphatic heterocycles. The number of hydrogen-bond donors (Lipinski definition) is 1. The van der Waals surface area contributed by atoms with Crippen LogP contribution in [0.5, 0.6) is 5.75 Å². The first-order valence-corrected chi connectivity index (χ1v) is 10.8. The summed E-state index contributed by atoms with van der Waals surface area (Å²) in [6.07, 6.45) is 2.47. The van der Waals surface area contributed by atoms with Crippen LogP contribution in [0.4, 0.5) is 5.69 Å². The van der Waals surface area contributed by atoms with E-state index in [0.29, 0.717) is 24.1 Å². The second-order valence-electron chi connectivity index (χ2n) is 8.40. The lowest BCUT2D eigenvalue weighted by Crippen LogP contribution is -2.42. The van der Waals surface area contributed by atoms with Crippen LogP contribution in [0.1, 0.15) is 38.7 Å². The average Bonchev–Trinajstić information content (AvgIpc) is 2.73. The second kappa shape index (κ2) is 10.8. The minimum atomic E-state index is -0.140. The third-order valence-corrected chi connectivity index (χ3v) is 5.43. The summed E-state index contributed by atoms with van der Waals surface area (Å²) in [7, 11) is 0. The number of hydrogen-bond acceptors (Lipinski definition) is 3. The van der Waals surface area contributed by atoms with Gasteiger partial charge in [-0.05, 0) is 48.1 Å². The van der Waals surface area contributed by atoms with Gasteiger partial charge in [0.05, 0.1) is 6.61 Å². The Morgan fingerprint density at radius 2 is 1.63 bits per heavy atom. The summed E-state index contributed by atoms with van der Waals surface area (Å²) in [6.45, 7) is 6.56. The number of carbonyl (C=O) groups excluding carboxylic acids is 2. The smallest absolute Gasteiger partial charge is 0.224 e. The number of likely N-dealkylation sites (tertiary alicyclic amines) is 1. The zero-order valence-electron chi connectivity index (χ0n) is 18.0. The maximum Gasteiger partial charge on any atom is 0.224 e. The van der Waals surface area contributed by atoms with Crippen LogP contribution in [0.25, 0.3) is 0 Å². The molecule has 0 aromatic heterocycles. The first-order valence-electron chi connectivity index (χ1n) is 10.8. The standard InChI is InChI=1S/C25H32N2O3/c1-19-16-20(2)18-27(17-19)25(29)13-12-24(28)26-22-8-10-23(11-9-22)30-15-14-21-6-4-3-5-7-21/h3-11,19-20H,12-18H2,1-2H3,(H,26,28). The molecule has 0 radical (unpaired) electrons. The maximum atomic E-state index is 12.4. The molecule has 2 unspecified atom stereocenters. The van der Waals surface area contributed by atoms with E-state index in [-0.39, 0.29) is 24.7 Å². The largest absolute Gasteiger partial charge is 0.493 e. The molecular formula is C25H32N2O3. The van der Waals surface area contributed by atoms with Crippen molar-refractivity contribution < 1.29 is 14.3 Å². The Morgan fingerprint density at radius 1 is 0.967 bits per heavy atom. The van der Waals surface area contributed by atoms with Gasteiger partial charge in [-0.1, -0.05) is 44.2 Å². The highest BCUT2D eigenvalue weighted by molar-refractivity contribution is 5.93. The van der Waals surface area contributed by atoms with Crippen molar-refractivity contribution in [1.82, 2.24) is 4.90 Å². The van der Waals surface area contributed by atoms with E-state index in [4.69, 9.17) is 4.74 Å². The van der Waals surface area contributed by atoms with E-state index >= 15 is 0 Å². The molecule has 0 bridgehead atoms. The van der Waals surface area contributed by atoms with Crippen LogP contribution < -0.4 is 10.1 Å². The third kappa shape index (κ3) is 6.90. The van der Waals surface area contributed by atoms with Crippen molar-refractivity contribution in [2.75, 3.05) is 25.0 Å². The highest BCUT2D eigenvalue weighted by atomic mass is 16.5. The van der Waals surface area contributed by atoms with Crippen molar-refractivity contribution in [3.8, 4) is 5.75 Å². The van der Waals surface area contributed by atoms with Gasteiger partial charge in [0.1, 0.15) is 5.75 Å². The average molecular weight is 409 g/mol. The minimum Gasteiger partial charge on any atom is -0.493 e. The Balaban J connectivity index is 1.38. The Hall–Kier alpha value is -2.82. The zero-order valence-corrected chi connectivity index (χ0v) is 18.0. The fourth-order valence-corrected chi connectivity index (χ4v) is 4.03. The van der Waals surface area contributed by atoms with Gasteiger partial charge in [-0.2, -0.15) is 0 Å². The van der Waals surface area contributed by atoms with Gasteiger partial charge in [0.15, 0.2) is 0 Å². The number of carbonyl (C=O) groups is 2. The van der Waals surface area contributed by atoms with Gasteiger partial charge in [0.2, 0.25) is 11.8 Å². The molecular weight excluding hydrogens is 376 g/mol. The molecule has 1 heterocycles. The van der Waals surface area contributed by atoms with Crippen molar-refractivity contribution in [1.29, 1.82) is 0 Å². The van der Waals surface area contributed by atoms with E-state index in [1.54, 1.807) is 0 Å². The Labute approximate surface area is 179 Å². The normalized spacial score (nSPS) is 18.7. The van der Waals surface area contributed by atoms with Crippen molar-refractivity contribution in [2.45, 2.75) is 39.5 Å². The summed E-state index contributed by atoms with van der Waals surface area (Å²) in [6, 6.07) is 17.6. The van der Waals surface area contributed by atoms with Gasteiger partial charge in [-0.25, -0.2) is 0 Å². The summed E-state index contributed by atoms with van der Waals surface area (Å²) in [4.78, 5) is 26.6. The van der Waals surface area contributed by atoms with E-state index in [1.165, 1.54) is 5.56 Å². The summed E-state index contributed by atoms with van der Waals surface area (Å²) in [5.41, 5.74) is 1.95. The Morgan fingerprint density at radius 3 is 2.30 bits per heavy atom. The number of nitrogens with zero attached hydrogens (tertiary/aromatic N) is 1. The van der Waals surface area contributed by atoms with Crippen molar-refractivity contribution in [2.24, 2.45) is 11.8 Å². The molecule has 1 fully saturated rings. The van der Waals surface area contributed by atoms with E-state index in [0.717, 1.165) is 31.7 Å². The van der Waals surface area contributed by atoms with Gasteiger partial charge in [-0.3, -0.25) is 9.59 Å². The Kier molecular flexibility index (Phi) is 7.89. The van der Waals surface area contributed by atoms with Crippen molar-refractivity contribution >= 4 is 17.5 Å². The molecule has 2 aromatic rings. The zero-order chi connectivity index (χ0) is 21.3. The Bertz CT molecular complexity index is 810. The predicted molar refractivity (Wildman–Crippen MR) is 119 cm³/mol. The van der Waals surface area contributed by atoms with Gasteiger partial charge in [-0.15, -0.1) is 0 Å². The maximum absolute atomic E-state index is 12.4. The number of ether oxygens (including phenoxy) is 1. The van der Waals surface area contributed by atoms with E-state index < -0.39 is 0 Å². The molecule has 3 rings (SSSR count). The summed E-state index contributed by atoms with van der Waals surface area (Å²) < 4.78 is 5.77. The second-order valence-corrected chi connectivity index (χ2v) is 8.40. The first kappa shape index (κ1) is 21.9. The minimum absolute atomic E-state index is 0.0747. The monoisotopic (exact) mass is 408 g/mol. The quantitative estimate of drug-likeness (QED) is 0.698. The fourth-order valence-electron chi connectivity index (χ4n) is 4.03. The molecule has 30 heavy (non-hydrogen) atoms. The first-order chi connectivity index (χ1) is 14.5. The predicted octanol–water partition coefficient (Wildman–Crippen LogP) is 4.53. The van der Waals surface area contributed by atoms with Crippen LogP contribution in [-0.2, 0) is 16.0 Å². The molecule has 5 nitrogen and oxygen atoms in total. The van der Waals surface area contributed by atoms with Gasteiger partial charge in [0, 0.05) is 38.0 Å². The molecule has 2 atom stereocenters. The van der Waals surface area contributed by atoms with Crippen molar-refractivity contribution in [3.05, 3.63) is 60.2 Å². The van der Waals surface area contributed by atoms with Crippen LogP contribution in [0, 0.1) is 11.8 Å².